The Bertz CT molecular complexity index is 139. The first kappa shape index (κ1) is 8.30. The van der Waals surface area contributed by atoms with Crippen LogP contribution in [0.2, 0.25) is 0 Å². The molecule has 1 fully saturated rings. The van der Waals surface area contributed by atoms with E-state index in [1.807, 2.05) is 0 Å². The van der Waals surface area contributed by atoms with Crippen LogP contribution in [0, 0.1) is 5.92 Å². The smallest absolute Gasteiger partial charge is 0.201 e. The highest BCUT2D eigenvalue weighted by Gasteiger charge is 2.27. The van der Waals surface area contributed by atoms with E-state index in [0.29, 0.717) is 6.42 Å². The monoisotopic (exact) mass is 130 g/mol. The highest BCUT2D eigenvalue weighted by atomic mass is 16.2. The van der Waals surface area contributed by atoms with Crippen molar-refractivity contribution in [1.82, 2.24) is 0 Å². The van der Waals surface area contributed by atoms with Gasteiger partial charge in [0.25, 0.3) is 0 Å². The van der Waals surface area contributed by atoms with Crippen LogP contribution in [-0.4, -0.2) is 17.0 Å². The summed E-state index contributed by atoms with van der Waals surface area (Å²) < 4.78 is 0. The molecule has 0 amide bonds. The van der Waals surface area contributed by atoms with Gasteiger partial charge in [0.2, 0.25) is 5.78 Å². The molecule has 3 heteroatoms. The summed E-state index contributed by atoms with van der Waals surface area (Å²) in [5.74, 6) is -0.356. The lowest BCUT2D eigenvalue weighted by molar-refractivity contribution is -0.135. The summed E-state index contributed by atoms with van der Waals surface area (Å²) in [6, 6.07) is 0. The molecule has 0 heterocycles. The Morgan fingerprint density at radius 3 is 2.11 bits per heavy atom. The van der Waals surface area contributed by atoms with Gasteiger partial charge in [-0.15, -0.1) is 0 Å². The first-order valence-corrected chi connectivity index (χ1v) is 2.79. The predicted octanol–water partition coefficient (Wildman–Crippen LogP) is -0.270. The topological polar surface area (TPSA) is 65.6 Å². The molecule has 3 nitrogen and oxygen atoms in total. The van der Waals surface area contributed by atoms with Crippen LogP contribution in [0.5, 0.6) is 0 Å². The summed E-state index contributed by atoms with van der Waals surface area (Å²) >= 11 is 0. The molecule has 0 saturated heterocycles. The van der Waals surface area contributed by atoms with Crippen molar-refractivity contribution < 1.29 is 15.1 Å². The molecule has 0 aromatic carbocycles. The van der Waals surface area contributed by atoms with Gasteiger partial charge < -0.3 is 5.48 Å². The minimum Gasteiger partial charge on any atom is -0.412 e. The Morgan fingerprint density at radius 2 is 2.00 bits per heavy atom. The fourth-order valence-corrected chi connectivity index (χ4v) is 0.877. The van der Waals surface area contributed by atoms with Crippen molar-refractivity contribution in [3.63, 3.8) is 0 Å². The van der Waals surface area contributed by atoms with Gasteiger partial charge in [-0.2, -0.15) is 0 Å². The number of carbonyl (C=O) groups is 2. The van der Waals surface area contributed by atoms with Crippen LogP contribution in [0.25, 0.3) is 0 Å². The van der Waals surface area contributed by atoms with Crippen LogP contribution in [0.3, 0.4) is 0 Å². The summed E-state index contributed by atoms with van der Waals surface area (Å²) in [6.07, 6.45) is 1.23. The third-order valence-electron chi connectivity index (χ3n) is 1.53. The van der Waals surface area contributed by atoms with Crippen LogP contribution in [-0.2, 0) is 9.59 Å². The second kappa shape index (κ2) is 2.73. The lowest BCUT2D eigenvalue weighted by Gasteiger charge is -1.89. The Morgan fingerprint density at radius 1 is 1.44 bits per heavy atom. The summed E-state index contributed by atoms with van der Waals surface area (Å²) in [5, 5.41) is 0. The first-order valence-electron chi connectivity index (χ1n) is 2.79. The highest BCUT2D eigenvalue weighted by molar-refractivity contribution is 6.39. The zero-order valence-electron chi connectivity index (χ0n) is 5.31. The molecule has 2 N–H and O–H groups in total. The summed E-state index contributed by atoms with van der Waals surface area (Å²) in [7, 11) is 0. The van der Waals surface area contributed by atoms with Crippen LogP contribution in [0.4, 0.5) is 0 Å². The molecule has 1 rings (SSSR count). The largest absolute Gasteiger partial charge is 0.412 e. The van der Waals surface area contributed by atoms with Crippen molar-refractivity contribution in [1.29, 1.82) is 0 Å². The third-order valence-corrected chi connectivity index (χ3v) is 1.53. The van der Waals surface area contributed by atoms with Crippen LogP contribution < -0.4 is 0 Å². The molecule has 1 saturated carbocycles. The molecule has 1 atom stereocenters. The average molecular weight is 130 g/mol. The van der Waals surface area contributed by atoms with E-state index in [9.17, 15) is 9.59 Å². The standard InChI is InChI=1S/C6H8O2.H2O/c1-4-2-3-5(7)6(4)8;/h4H,2-3H2,1H3;1H2. The number of Topliss-reactive ketones (excluding diaryl/α,β-unsaturated/α-hetero) is 2. The Balaban J connectivity index is 0.000000640. The molecule has 0 bridgehead atoms. The predicted molar refractivity (Wildman–Crippen MR) is 32.0 cm³/mol. The van der Waals surface area contributed by atoms with Gasteiger partial charge in [-0.05, 0) is 6.42 Å². The van der Waals surface area contributed by atoms with Gasteiger partial charge >= 0.3 is 0 Å². The van der Waals surface area contributed by atoms with Crippen molar-refractivity contribution in [3.05, 3.63) is 0 Å². The van der Waals surface area contributed by atoms with Crippen molar-refractivity contribution >= 4 is 11.6 Å². The summed E-state index contributed by atoms with van der Waals surface area (Å²) in [4.78, 5) is 21.0. The molecule has 52 valence electrons. The maximum atomic E-state index is 10.6. The van der Waals surface area contributed by atoms with E-state index in [-0.39, 0.29) is 23.0 Å². The van der Waals surface area contributed by atoms with E-state index in [2.05, 4.69) is 0 Å². The number of carbonyl (C=O) groups excluding carboxylic acids is 2. The number of rotatable bonds is 0. The zero-order valence-corrected chi connectivity index (χ0v) is 5.31. The molecule has 1 unspecified atom stereocenters. The van der Waals surface area contributed by atoms with E-state index in [4.69, 9.17) is 0 Å². The van der Waals surface area contributed by atoms with Gasteiger partial charge in [0.05, 0.1) is 0 Å². The molecule has 9 heavy (non-hydrogen) atoms. The van der Waals surface area contributed by atoms with Crippen molar-refractivity contribution in [2.24, 2.45) is 5.92 Å². The Kier molecular flexibility index (Phi) is 2.52. The van der Waals surface area contributed by atoms with Gasteiger partial charge in [0, 0.05) is 12.3 Å². The Labute approximate surface area is 53.4 Å². The second-order valence-corrected chi connectivity index (χ2v) is 2.23. The van der Waals surface area contributed by atoms with Crippen LogP contribution in [0.15, 0.2) is 0 Å². The van der Waals surface area contributed by atoms with E-state index >= 15 is 0 Å². The molecule has 0 aromatic heterocycles. The second-order valence-electron chi connectivity index (χ2n) is 2.23. The minimum atomic E-state index is -0.183. The van der Waals surface area contributed by atoms with E-state index in [0.717, 1.165) is 6.42 Å². The lowest BCUT2D eigenvalue weighted by atomic mass is 10.1. The van der Waals surface area contributed by atoms with Crippen LogP contribution >= 0.6 is 0 Å². The normalized spacial score (nSPS) is 26.1. The molecule has 1 aliphatic rings. The average Bonchev–Trinajstić information content (AvgIpc) is 1.98. The van der Waals surface area contributed by atoms with E-state index in [1.165, 1.54) is 0 Å². The van der Waals surface area contributed by atoms with Crippen molar-refractivity contribution in [2.45, 2.75) is 19.8 Å². The number of hydrogen-bond donors (Lipinski definition) is 0. The highest BCUT2D eigenvalue weighted by Crippen LogP contribution is 2.16. The summed E-state index contributed by atoms with van der Waals surface area (Å²) in [5.41, 5.74) is 0. The lowest BCUT2D eigenvalue weighted by Crippen LogP contribution is -2.09. The van der Waals surface area contributed by atoms with Crippen molar-refractivity contribution in [3.8, 4) is 0 Å². The van der Waals surface area contributed by atoms with Crippen LogP contribution in [0.1, 0.15) is 19.8 Å². The van der Waals surface area contributed by atoms with Gasteiger partial charge in [-0.25, -0.2) is 0 Å². The molecule has 0 aliphatic heterocycles. The third kappa shape index (κ3) is 1.36. The van der Waals surface area contributed by atoms with Crippen molar-refractivity contribution in [2.75, 3.05) is 0 Å². The Hall–Kier alpha value is -0.700. The zero-order chi connectivity index (χ0) is 6.15. The fraction of sp³-hybridized carbons (Fsp3) is 0.667. The maximum absolute atomic E-state index is 10.6. The number of ketones is 2. The van der Waals surface area contributed by atoms with Gasteiger partial charge in [0.15, 0.2) is 5.78 Å². The molecule has 0 radical (unpaired) electrons. The molecular weight excluding hydrogens is 120 g/mol. The maximum Gasteiger partial charge on any atom is 0.201 e. The van der Waals surface area contributed by atoms with Gasteiger partial charge in [0.1, 0.15) is 0 Å². The molecule has 0 spiro atoms. The van der Waals surface area contributed by atoms with Gasteiger partial charge in [-0.1, -0.05) is 6.92 Å². The van der Waals surface area contributed by atoms with E-state index in [1.54, 1.807) is 6.92 Å². The first-order chi connectivity index (χ1) is 3.72. The molecular formula is C6H10O3. The summed E-state index contributed by atoms with van der Waals surface area (Å²) in [6.45, 7) is 1.80. The van der Waals surface area contributed by atoms with Gasteiger partial charge in [-0.3, -0.25) is 9.59 Å². The fourth-order valence-electron chi connectivity index (χ4n) is 0.877. The molecule has 0 aromatic rings. The minimum absolute atomic E-state index is 0. The number of hydrogen-bond acceptors (Lipinski definition) is 2. The van der Waals surface area contributed by atoms with E-state index < -0.39 is 0 Å². The molecule has 1 aliphatic carbocycles. The SMILES string of the molecule is CC1CCC(=O)C1=O.O. The quantitative estimate of drug-likeness (QED) is 0.423.